The van der Waals surface area contributed by atoms with Gasteiger partial charge in [-0.1, -0.05) is 65.5 Å². The van der Waals surface area contributed by atoms with Gasteiger partial charge in [0.15, 0.2) is 0 Å². The number of phenolic OH excluding ortho intramolecular Hbond substituents is 1. The topological polar surface area (TPSA) is 60.8 Å². The van der Waals surface area contributed by atoms with Gasteiger partial charge in [-0.2, -0.15) is 0 Å². The molecule has 1 fully saturated rings. The summed E-state index contributed by atoms with van der Waals surface area (Å²) in [5.41, 5.74) is 1.89. The van der Waals surface area contributed by atoms with Crippen LogP contribution in [-0.2, 0) is 10.2 Å². The number of phenols is 1. The highest BCUT2D eigenvalue weighted by molar-refractivity contribution is 5.76. The zero-order valence-corrected chi connectivity index (χ0v) is 17.5. The molecule has 0 radical (unpaired) electrons. The van der Waals surface area contributed by atoms with Crippen LogP contribution in [0.5, 0.6) is 5.75 Å². The summed E-state index contributed by atoms with van der Waals surface area (Å²) in [5.74, 6) is 0.314. The third-order valence-electron chi connectivity index (χ3n) is 6.02. The Morgan fingerprint density at radius 3 is 2.59 bits per heavy atom. The molecule has 4 nitrogen and oxygen atoms in total. The van der Waals surface area contributed by atoms with Gasteiger partial charge >= 0.3 is 0 Å². The number of benzene rings is 1. The fourth-order valence-electron chi connectivity index (χ4n) is 4.13. The van der Waals surface area contributed by atoms with Gasteiger partial charge < -0.3 is 15.1 Å². The molecule has 1 aromatic carbocycles. The van der Waals surface area contributed by atoms with Crippen molar-refractivity contribution in [2.24, 2.45) is 0 Å². The van der Waals surface area contributed by atoms with E-state index in [4.69, 9.17) is 0 Å². The van der Waals surface area contributed by atoms with Gasteiger partial charge in [0, 0.05) is 18.5 Å². The third-order valence-corrected chi connectivity index (χ3v) is 6.02. The maximum atomic E-state index is 12.3. The fraction of sp³-hybridized carbons (Fsp3) is 0.696. The highest BCUT2D eigenvalue weighted by atomic mass is 16.3. The molecule has 0 aromatic heterocycles. The van der Waals surface area contributed by atoms with Gasteiger partial charge in [-0.05, 0) is 36.3 Å². The van der Waals surface area contributed by atoms with Crippen molar-refractivity contribution in [2.75, 3.05) is 6.54 Å². The van der Waals surface area contributed by atoms with Crippen molar-refractivity contribution < 1.29 is 15.0 Å². The number of nitrogens with zero attached hydrogens (tertiary/aromatic N) is 1. The van der Waals surface area contributed by atoms with Crippen LogP contribution in [0.2, 0.25) is 0 Å². The van der Waals surface area contributed by atoms with Crippen molar-refractivity contribution in [3.05, 3.63) is 29.3 Å². The molecular weight excluding hydrogens is 338 g/mol. The molecule has 2 N–H and O–H groups in total. The summed E-state index contributed by atoms with van der Waals surface area (Å²) in [6.45, 7) is 9.07. The Hall–Kier alpha value is -1.55. The second-order valence-electron chi connectivity index (χ2n) is 8.60. The smallest absolute Gasteiger partial charge is 0.222 e. The summed E-state index contributed by atoms with van der Waals surface area (Å²) in [6, 6.07) is 5.66. The Bertz CT molecular complexity index is 626. The molecular formula is C23H37NO3. The first-order valence-corrected chi connectivity index (χ1v) is 10.6. The quantitative estimate of drug-likeness (QED) is 0.623. The molecule has 0 spiro atoms. The Morgan fingerprint density at radius 1 is 1.22 bits per heavy atom. The highest BCUT2D eigenvalue weighted by Crippen LogP contribution is 2.39. The molecule has 152 valence electrons. The van der Waals surface area contributed by atoms with Crippen molar-refractivity contribution in [2.45, 2.75) is 96.6 Å². The fourth-order valence-corrected chi connectivity index (χ4v) is 4.13. The van der Waals surface area contributed by atoms with Crippen LogP contribution in [0.15, 0.2) is 18.2 Å². The lowest BCUT2D eigenvalue weighted by Gasteiger charge is -2.38. The zero-order valence-electron chi connectivity index (χ0n) is 17.5. The van der Waals surface area contributed by atoms with Crippen molar-refractivity contribution in [3.63, 3.8) is 0 Å². The molecule has 0 aliphatic carbocycles. The van der Waals surface area contributed by atoms with E-state index in [2.05, 4.69) is 26.8 Å². The Morgan fingerprint density at radius 2 is 1.96 bits per heavy atom. The van der Waals surface area contributed by atoms with Crippen molar-refractivity contribution in [1.29, 1.82) is 0 Å². The van der Waals surface area contributed by atoms with E-state index in [0.29, 0.717) is 25.8 Å². The molecule has 1 heterocycles. The average molecular weight is 376 g/mol. The summed E-state index contributed by atoms with van der Waals surface area (Å²) in [6.07, 6.45) is 7.14. The number of amides is 1. The molecule has 1 amide bonds. The number of likely N-dealkylation sites (tertiary alicyclic amines) is 1. The number of piperidine rings is 1. The summed E-state index contributed by atoms with van der Waals surface area (Å²) >= 11 is 0. The van der Waals surface area contributed by atoms with Crippen LogP contribution in [0.1, 0.15) is 96.2 Å². The molecule has 2 atom stereocenters. The highest BCUT2D eigenvalue weighted by Gasteiger charge is 2.33. The largest absolute Gasteiger partial charge is 0.508 e. The van der Waals surface area contributed by atoms with Crippen molar-refractivity contribution in [3.8, 4) is 5.75 Å². The third kappa shape index (κ3) is 5.47. The van der Waals surface area contributed by atoms with Gasteiger partial charge in [-0.25, -0.2) is 0 Å². The predicted molar refractivity (Wildman–Crippen MR) is 110 cm³/mol. The first kappa shape index (κ1) is 21.7. The molecule has 4 heteroatoms. The number of aliphatic hydroxyl groups is 1. The molecule has 1 aromatic rings. The number of unbranched alkanes of at least 4 members (excludes halogenated alkanes) is 3. The first-order chi connectivity index (χ1) is 12.8. The summed E-state index contributed by atoms with van der Waals surface area (Å²) in [4.78, 5) is 14.1. The van der Waals surface area contributed by atoms with Crippen LogP contribution in [0.4, 0.5) is 0 Å². The van der Waals surface area contributed by atoms with Gasteiger partial charge in [0.1, 0.15) is 5.75 Å². The van der Waals surface area contributed by atoms with E-state index in [-0.39, 0.29) is 23.1 Å². The minimum atomic E-state index is -0.426. The van der Waals surface area contributed by atoms with Gasteiger partial charge in [0.05, 0.1) is 12.1 Å². The Kier molecular flexibility index (Phi) is 7.72. The van der Waals surface area contributed by atoms with E-state index in [0.717, 1.165) is 17.5 Å². The lowest BCUT2D eigenvalue weighted by molar-refractivity contribution is -0.136. The summed E-state index contributed by atoms with van der Waals surface area (Å²) in [5, 5.41) is 20.9. The van der Waals surface area contributed by atoms with E-state index in [9.17, 15) is 15.0 Å². The standard InChI is InChI=1S/C23H37NO3/c1-5-7-8-9-13-23(3,4)17-10-11-19(21(26)15-17)20-16-18(25)12-14-24(20)22(27)6-2/h10-11,15,18,20,25-26H,5-9,12-14,16H2,1-4H3/t18-,20+/m0/s1. The molecule has 2 rings (SSSR count). The van der Waals surface area contributed by atoms with Crippen LogP contribution in [0, 0.1) is 0 Å². The molecule has 27 heavy (non-hydrogen) atoms. The number of rotatable bonds is 8. The lowest BCUT2D eigenvalue weighted by Crippen LogP contribution is -2.42. The molecule has 0 saturated carbocycles. The SMILES string of the molecule is CCCCCCC(C)(C)c1ccc([C@H]2C[C@@H](O)CCN2C(=O)CC)c(O)c1. The van der Waals surface area contributed by atoms with Gasteiger partial charge in [0.2, 0.25) is 5.91 Å². The van der Waals surface area contributed by atoms with Gasteiger partial charge in [0.25, 0.3) is 0 Å². The second-order valence-corrected chi connectivity index (χ2v) is 8.60. The van der Waals surface area contributed by atoms with E-state index in [1.165, 1.54) is 25.7 Å². The monoisotopic (exact) mass is 375 g/mol. The minimum Gasteiger partial charge on any atom is -0.508 e. The van der Waals surface area contributed by atoms with Crippen LogP contribution in [-0.4, -0.2) is 33.7 Å². The maximum absolute atomic E-state index is 12.3. The van der Waals surface area contributed by atoms with Crippen LogP contribution < -0.4 is 0 Å². The number of hydrogen-bond acceptors (Lipinski definition) is 3. The first-order valence-electron chi connectivity index (χ1n) is 10.6. The van der Waals surface area contributed by atoms with Gasteiger partial charge in [-0.3, -0.25) is 4.79 Å². The van der Waals surface area contributed by atoms with E-state index >= 15 is 0 Å². The van der Waals surface area contributed by atoms with E-state index < -0.39 is 6.10 Å². The van der Waals surface area contributed by atoms with E-state index in [1.807, 2.05) is 24.0 Å². The average Bonchev–Trinajstić information content (AvgIpc) is 2.64. The number of hydrogen-bond donors (Lipinski definition) is 2. The number of aromatic hydroxyl groups is 1. The van der Waals surface area contributed by atoms with Crippen molar-refractivity contribution >= 4 is 5.91 Å². The van der Waals surface area contributed by atoms with E-state index in [1.54, 1.807) is 0 Å². The Balaban J connectivity index is 2.20. The normalized spacial score (nSPS) is 20.7. The zero-order chi connectivity index (χ0) is 20.0. The van der Waals surface area contributed by atoms with Crippen LogP contribution in [0.25, 0.3) is 0 Å². The maximum Gasteiger partial charge on any atom is 0.222 e. The summed E-state index contributed by atoms with van der Waals surface area (Å²) < 4.78 is 0. The molecule has 0 unspecified atom stereocenters. The minimum absolute atomic E-state index is 0.00869. The van der Waals surface area contributed by atoms with Crippen LogP contribution in [0.3, 0.4) is 0 Å². The second kappa shape index (κ2) is 9.59. The molecule has 1 aliphatic rings. The summed E-state index contributed by atoms with van der Waals surface area (Å²) in [7, 11) is 0. The Labute approximate surface area is 164 Å². The molecule has 1 saturated heterocycles. The molecule has 1 aliphatic heterocycles. The number of aliphatic hydroxyl groups excluding tert-OH is 1. The van der Waals surface area contributed by atoms with Gasteiger partial charge in [-0.15, -0.1) is 0 Å². The van der Waals surface area contributed by atoms with Crippen LogP contribution >= 0.6 is 0 Å². The predicted octanol–water partition coefficient (Wildman–Crippen LogP) is 5.07. The number of carbonyl (C=O) groups is 1. The lowest BCUT2D eigenvalue weighted by atomic mass is 9.79. The molecule has 0 bridgehead atoms. The van der Waals surface area contributed by atoms with Crippen molar-refractivity contribution in [1.82, 2.24) is 4.90 Å². The number of carbonyl (C=O) groups excluding carboxylic acids is 1.